The molecule has 2 nitrogen and oxygen atoms in total. The molecule has 0 aromatic heterocycles. The third-order valence-corrected chi connectivity index (χ3v) is 9.29. The Bertz CT molecular complexity index is 424. The van der Waals surface area contributed by atoms with Crippen LogP contribution in [0.5, 0.6) is 0 Å². The Labute approximate surface area is 128 Å². The first-order chi connectivity index (χ1) is 9.24. The van der Waals surface area contributed by atoms with E-state index in [2.05, 4.69) is 33.9 Å². The Morgan fingerprint density at radius 1 is 1.20 bits per heavy atom. The molecular formula is C16H26O2SSi. The van der Waals surface area contributed by atoms with Crippen LogP contribution < -0.4 is 0 Å². The van der Waals surface area contributed by atoms with Crippen molar-refractivity contribution < 1.29 is 9.22 Å². The van der Waals surface area contributed by atoms with Crippen LogP contribution in [-0.4, -0.2) is 32.2 Å². The Balaban J connectivity index is 2.25. The fourth-order valence-corrected chi connectivity index (χ4v) is 3.34. The number of thioether (sulfide) groups is 1. The second-order valence-electron chi connectivity index (χ2n) is 6.45. The summed E-state index contributed by atoms with van der Waals surface area (Å²) in [5, 5.41) is 0.248. The van der Waals surface area contributed by atoms with Crippen LogP contribution in [0.25, 0.3) is 0 Å². The molecule has 1 aromatic carbocycles. The van der Waals surface area contributed by atoms with Gasteiger partial charge in [0.05, 0.1) is 5.75 Å². The van der Waals surface area contributed by atoms with Gasteiger partial charge in [-0.25, -0.2) is 0 Å². The highest BCUT2D eigenvalue weighted by molar-refractivity contribution is 8.00. The minimum atomic E-state index is -1.64. The van der Waals surface area contributed by atoms with Crippen molar-refractivity contribution in [2.45, 2.75) is 38.9 Å². The van der Waals surface area contributed by atoms with E-state index in [-0.39, 0.29) is 10.8 Å². The van der Waals surface area contributed by atoms with Crippen molar-refractivity contribution in [3.63, 3.8) is 0 Å². The summed E-state index contributed by atoms with van der Waals surface area (Å²) in [4.78, 5) is 11.9. The lowest BCUT2D eigenvalue weighted by Crippen LogP contribution is -2.41. The molecule has 20 heavy (non-hydrogen) atoms. The van der Waals surface area contributed by atoms with Gasteiger partial charge in [-0.3, -0.25) is 4.79 Å². The number of hydrogen-bond acceptors (Lipinski definition) is 3. The lowest BCUT2D eigenvalue weighted by molar-refractivity contribution is 0.102. The van der Waals surface area contributed by atoms with Gasteiger partial charge in [0, 0.05) is 17.9 Å². The van der Waals surface area contributed by atoms with Gasteiger partial charge in [0.15, 0.2) is 14.1 Å². The average molecular weight is 311 g/mol. The van der Waals surface area contributed by atoms with Crippen molar-refractivity contribution in [1.29, 1.82) is 0 Å². The maximum absolute atomic E-state index is 11.9. The number of ketones is 1. The highest BCUT2D eigenvalue weighted by Crippen LogP contribution is 2.36. The number of benzene rings is 1. The maximum Gasteiger partial charge on any atom is 0.192 e. The lowest BCUT2D eigenvalue weighted by Gasteiger charge is -2.36. The monoisotopic (exact) mass is 310 g/mol. The van der Waals surface area contributed by atoms with Crippen LogP contribution in [0, 0.1) is 0 Å². The molecule has 0 saturated carbocycles. The molecule has 0 aliphatic rings. The summed E-state index contributed by atoms with van der Waals surface area (Å²) in [5.41, 5.74) is 0.797. The van der Waals surface area contributed by atoms with Gasteiger partial charge in [-0.1, -0.05) is 51.1 Å². The number of carbonyl (C=O) groups excluding carboxylic acids is 1. The molecule has 0 aliphatic heterocycles. The van der Waals surface area contributed by atoms with Crippen molar-refractivity contribution in [1.82, 2.24) is 0 Å². The highest BCUT2D eigenvalue weighted by atomic mass is 32.2. The molecule has 0 amide bonds. The second kappa shape index (κ2) is 7.43. The van der Waals surface area contributed by atoms with Crippen molar-refractivity contribution >= 4 is 25.9 Å². The fraction of sp³-hybridized carbons (Fsp3) is 0.562. The second-order valence-corrected chi connectivity index (χ2v) is 12.4. The van der Waals surface area contributed by atoms with Crippen LogP contribution in [0.2, 0.25) is 18.1 Å². The third-order valence-electron chi connectivity index (χ3n) is 3.83. The van der Waals surface area contributed by atoms with E-state index in [4.69, 9.17) is 4.43 Å². The third kappa shape index (κ3) is 5.42. The zero-order valence-corrected chi connectivity index (χ0v) is 15.0. The largest absolute Gasteiger partial charge is 0.416 e. The Morgan fingerprint density at radius 3 is 2.35 bits per heavy atom. The molecule has 0 unspecified atom stereocenters. The summed E-state index contributed by atoms with van der Waals surface area (Å²) in [5.74, 6) is 1.61. The molecule has 0 radical (unpaired) electrons. The van der Waals surface area contributed by atoms with Crippen LogP contribution >= 0.6 is 11.8 Å². The first-order valence-corrected chi connectivity index (χ1v) is 11.1. The Morgan fingerprint density at radius 2 is 1.80 bits per heavy atom. The molecule has 0 N–H and O–H groups in total. The Hall–Kier alpha value is -0.583. The van der Waals surface area contributed by atoms with Crippen LogP contribution in [0.3, 0.4) is 0 Å². The summed E-state index contributed by atoms with van der Waals surface area (Å²) in [7, 11) is -1.64. The highest BCUT2D eigenvalue weighted by Gasteiger charge is 2.36. The summed E-state index contributed by atoms with van der Waals surface area (Å²) < 4.78 is 6.09. The van der Waals surface area contributed by atoms with Gasteiger partial charge in [-0.15, -0.1) is 0 Å². The lowest BCUT2D eigenvalue weighted by atomic mass is 10.2. The van der Waals surface area contributed by atoms with Gasteiger partial charge in [0.25, 0.3) is 0 Å². The first-order valence-electron chi connectivity index (χ1n) is 7.04. The zero-order chi connectivity index (χ0) is 15.2. The van der Waals surface area contributed by atoms with Crippen LogP contribution in [0.15, 0.2) is 30.3 Å². The predicted molar refractivity (Wildman–Crippen MR) is 91.2 cm³/mol. The molecule has 0 aliphatic carbocycles. The van der Waals surface area contributed by atoms with Crippen molar-refractivity contribution in [2.75, 3.05) is 18.1 Å². The molecule has 112 valence electrons. The topological polar surface area (TPSA) is 26.3 Å². The molecule has 0 spiro atoms. The van der Waals surface area contributed by atoms with E-state index in [9.17, 15) is 4.79 Å². The van der Waals surface area contributed by atoms with E-state index in [1.54, 1.807) is 11.8 Å². The van der Waals surface area contributed by atoms with E-state index >= 15 is 0 Å². The van der Waals surface area contributed by atoms with E-state index in [1.807, 2.05) is 30.3 Å². The Kier molecular flexibility index (Phi) is 6.49. The fourth-order valence-electron chi connectivity index (χ4n) is 1.44. The van der Waals surface area contributed by atoms with E-state index in [0.29, 0.717) is 5.75 Å². The molecule has 0 saturated heterocycles. The summed E-state index contributed by atoms with van der Waals surface area (Å²) >= 11 is 1.66. The van der Waals surface area contributed by atoms with Crippen molar-refractivity contribution in [2.24, 2.45) is 0 Å². The molecule has 0 atom stereocenters. The van der Waals surface area contributed by atoms with Gasteiger partial charge in [-0.2, -0.15) is 11.8 Å². The van der Waals surface area contributed by atoms with E-state index in [1.165, 1.54) is 0 Å². The van der Waals surface area contributed by atoms with Crippen LogP contribution in [0.1, 0.15) is 31.1 Å². The number of rotatable bonds is 7. The standard InChI is InChI=1S/C16H26O2SSi/c1-16(2,3)20(4,5)18-11-12-19-13-15(17)14-9-7-6-8-10-14/h6-10H,11-13H2,1-5H3. The van der Waals surface area contributed by atoms with Crippen molar-refractivity contribution in [3.8, 4) is 0 Å². The summed E-state index contributed by atoms with van der Waals surface area (Å²) in [6, 6.07) is 9.47. The van der Waals surface area contributed by atoms with E-state index in [0.717, 1.165) is 17.9 Å². The van der Waals surface area contributed by atoms with Crippen LogP contribution in [0.4, 0.5) is 0 Å². The van der Waals surface area contributed by atoms with Gasteiger partial charge >= 0.3 is 0 Å². The number of carbonyl (C=O) groups is 1. The molecular weight excluding hydrogens is 284 g/mol. The summed E-state index contributed by atoms with van der Waals surface area (Å²) in [6.45, 7) is 12.0. The molecule has 0 heterocycles. The maximum atomic E-state index is 11.9. The van der Waals surface area contributed by atoms with E-state index < -0.39 is 8.32 Å². The zero-order valence-electron chi connectivity index (χ0n) is 13.2. The van der Waals surface area contributed by atoms with Gasteiger partial charge in [0.1, 0.15) is 0 Å². The smallest absolute Gasteiger partial charge is 0.192 e. The van der Waals surface area contributed by atoms with Gasteiger partial charge in [0.2, 0.25) is 0 Å². The number of Topliss-reactive ketones (excluding diaryl/α,β-unsaturated/α-hetero) is 1. The minimum absolute atomic E-state index is 0.197. The van der Waals surface area contributed by atoms with Crippen LogP contribution in [-0.2, 0) is 4.43 Å². The average Bonchev–Trinajstić information content (AvgIpc) is 2.37. The molecule has 4 heteroatoms. The predicted octanol–water partition coefficient (Wildman–Crippen LogP) is 4.62. The number of hydrogen-bond donors (Lipinski definition) is 0. The van der Waals surface area contributed by atoms with Gasteiger partial charge in [-0.05, 0) is 18.1 Å². The molecule has 1 rings (SSSR count). The minimum Gasteiger partial charge on any atom is -0.416 e. The normalized spacial score (nSPS) is 12.4. The van der Waals surface area contributed by atoms with Gasteiger partial charge < -0.3 is 4.43 Å². The van der Waals surface area contributed by atoms with Crippen molar-refractivity contribution in [3.05, 3.63) is 35.9 Å². The molecule has 1 aromatic rings. The SMILES string of the molecule is CC(C)(C)[Si](C)(C)OCCSCC(=O)c1ccccc1. The molecule has 0 bridgehead atoms. The summed E-state index contributed by atoms with van der Waals surface area (Å²) in [6.07, 6.45) is 0. The molecule has 0 fully saturated rings. The quantitative estimate of drug-likeness (QED) is 0.417. The first kappa shape index (κ1) is 17.5.